The highest BCUT2D eigenvalue weighted by Crippen LogP contribution is 2.34. The van der Waals surface area contributed by atoms with E-state index in [4.69, 9.17) is 0 Å². The lowest BCUT2D eigenvalue weighted by Gasteiger charge is -2.29. The van der Waals surface area contributed by atoms with Gasteiger partial charge in [-0.2, -0.15) is 0 Å². The van der Waals surface area contributed by atoms with Gasteiger partial charge in [0.15, 0.2) is 0 Å². The van der Waals surface area contributed by atoms with Gasteiger partial charge in [-0.05, 0) is 11.8 Å². The number of aldehydes is 1. The van der Waals surface area contributed by atoms with Gasteiger partial charge in [0.2, 0.25) is 0 Å². The van der Waals surface area contributed by atoms with E-state index in [0.29, 0.717) is 5.41 Å². The number of carbonyl (C=O) groups excluding carboxylic acids is 1. The van der Waals surface area contributed by atoms with Crippen LogP contribution in [0.5, 0.6) is 0 Å². The van der Waals surface area contributed by atoms with Crippen molar-refractivity contribution in [3.05, 3.63) is 0 Å². The molecule has 1 nitrogen and oxygen atoms in total. The molecule has 0 atom stereocenters. The molecule has 0 aliphatic rings. The molecule has 0 radical (unpaired) electrons. The summed E-state index contributed by atoms with van der Waals surface area (Å²) < 4.78 is 0. The molecular weight excluding hydrogens is 136 g/mol. The summed E-state index contributed by atoms with van der Waals surface area (Å²) >= 11 is 0. The molecule has 0 fully saturated rings. The summed E-state index contributed by atoms with van der Waals surface area (Å²) in [6.45, 7) is 6.66. The van der Waals surface area contributed by atoms with Gasteiger partial charge in [-0.1, -0.05) is 40.0 Å². The highest BCUT2D eigenvalue weighted by atomic mass is 16.1. The Balaban J connectivity index is 3.93. The maximum Gasteiger partial charge on any atom is 0.120 e. The number of carbonyl (C=O) groups is 1. The average Bonchev–Trinajstić information content (AvgIpc) is 2.08. The van der Waals surface area contributed by atoms with Gasteiger partial charge in [0.25, 0.3) is 0 Å². The SMILES string of the molecule is CCC(CC)(CC)CCC=O. The van der Waals surface area contributed by atoms with Crippen LogP contribution in [-0.2, 0) is 4.79 Å². The van der Waals surface area contributed by atoms with E-state index in [-0.39, 0.29) is 0 Å². The Kier molecular flexibility index (Phi) is 5.18. The van der Waals surface area contributed by atoms with Gasteiger partial charge >= 0.3 is 0 Å². The van der Waals surface area contributed by atoms with E-state index in [0.717, 1.165) is 19.1 Å². The van der Waals surface area contributed by atoms with Crippen molar-refractivity contribution >= 4 is 6.29 Å². The zero-order valence-corrected chi connectivity index (χ0v) is 8.02. The highest BCUT2D eigenvalue weighted by Gasteiger charge is 2.22. The van der Waals surface area contributed by atoms with Crippen LogP contribution in [0.3, 0.4) is 0 Å². The summed E-state index contributed by atoms with van der Waals surface area (Å²) in [5, 5.41) is 0. The Bertz CT molecular complexity index is 95.2. The fourth-order valence-electron chi connectivity index (χ4n) is 1.65. The first-order valence-corrected chi connectivity index (χ1v) is 4.68. The summed E-state index contributed by atoms with van der Waals surface area (Å²) in [6.07, 6.45) is 6.45. The molecule has 0 aromatic rings. The molecule has 0 saturated carbocycles. The van der Waals surface area contributed by atoms with Crippen molar-refractivity contribution in [3.8, 4) is 0 Å². The lowest BCUT2D eigenvalue weighted by atomic mass is 9.76. The van der Waals surface area contributed by atoms with Crippen molar-refractivity contribution in [3.63, 3.8) is 0 Å². The van der Waals surface area contributed by atoms with Crippen LogP contribution in [-0.4, -0.2) is 6.29 Å². The lowest BCUT2D eigenvalue weighted by Crippen LogP contribution is -2.17. The Hall–Kier alpha value is -0.330. The molecule has 0 spiro atoms. The third kappa shape index (κ3) is 3.04. The topological polar surface area (TPSA) is 17.1 Å². The first kappa shape index (κ1) is 10.7. The van der Waals surface area contributed by atoms with Gasteiger partial charge in [-0.25, -0.2) is 0 Å². The standard InChI is InChI=1S/C10H20O/c1-4-10(5-2,6-3)8-7-9-11/h9H,4-8H2,1-3H3. The lowest BCUT2D eigenvalue weighted by molar-refractivity contribution is -0.108. The molecule has 0 aliphatic heterocycles. The Morgan fingerprint density at radius 1 is 1.09 bits per heavy atom. The first-order chi connectivity index (χ1) is 5.24. The molecule has 0 N–H and O–H groups in total. The second-order valence-corrected chi connectivity index (χ2v) is 3.27. The van der Waals surface area contributed by atoms with Gasteiger partial charge in [-0.3, -0.25) is 0 Å². The second kappa shape index (κ2) is 5.34. The minimum absolute atomic E-state index is 0.445. The third-order valence-corrected chi connectivity index (χ3v) is 3.04. The molecule has 0 aliphatic carbocycles. The molecule has 11 heavy (non-hydrogen) atoms. The number of hydrogen-bond acceptors (Lipinski definition) is 1. The third-order valence-electron chi connectivity index (χ3n) is 3.04. The van der Waals surface area contributed by atoms with Crippen molar-refractivity contribution < 1.29 is 4.79 Å². The molecule has 0 bridgehead atoms. The van der Waals surface area contributed by atoms with Crippen molar-refractivity contribution in [1.29, 1.82) is 0 Å². The van der Waals surface area contributed by atoms with Crippen molar-refractivity contribution in [1.82, 2.24) is 0 Å². The van der Waals surface area contributed by atoms with Gasteiger partial charge in [0.1, 0.15) is 6.29 Å². The van der Waals surface area contributed by atoms with E-state index < -0.39 is 0 Å². The predicted molar refractivity (Wildman–Crippen MR) is 48.6 cm³/mol. The summed E-state index contributed by atoms with van der Waals surface area (Å²) in [6, 6.07) is 0. The van der Waals surface area contributed by atoms with Crippen LogP contribution >= 0.6 is 0 Å². The van der Waals surface area contributed by atoms with E-state index in [9.17, 15) is 4.79 Å². The van der Waals surface area contributed by atoms with E-state index in [1.807, 2.05) is 0 Å². The Morgan fingerprint density at radius 3 is 1.82 bits per heavy atom. The van der Waals surface area contributed by atoms with Crippen LogP contribution in [0.2, 0.25) is 0 Å². The highest BCUT2D eigenvalue weighted by molar-refractivity contribution is 5.49. The molecular formula is C10H20O. The summed E-state index contributed by atoms with van der Waals surface area (Å²) in [5.41, 5.74) is 0.445. The average molecular weight is 156 g/mol. The maximum atomic E-state index is 10.2. The van der Waals surface area contributed by atoms with Gasteiger partial charge in [0, 0.05) is 6.42 Å². The Labute approximate surface area is 70.2 Å². The largest absolute Gasteiger partial charge is 0.303 e. The van der Waals surface area contributed by atoms with Crippen LogP contribution in [0.15, 0.2) is 0 Å². The molecule has 0 saturated heterocycles. The minimum atomic E-state index is 0.445. The molecule has 0 amide bonds. The molecule has 0 rings (SSSR count). The molecule has 0 aromatic carbocycles. The summed E-state index contributed by atoms with van der Waals surface area (Å²) in [4.78, 5) is 10.2. The van der Waals surface area contributed by atoms with E-state index in [1.54, 1.807) is 0 Å². The second-order valence-electron chi connectivity index (χ2n) is 3.27. The fraction of sp³-hybridized carbons (Fsp3) is 0.900. The van der Waals surface area contributed by atoms with Gasteiger partial charge in [0.05, 0.1) is 0 Å². The molecule has 0 aromatic heterocycles. The van der Waals surface area contributed by atoms with Crippen LogP contribution in [0.1, 0.15) is 52.9 Å². The number of rotatable bonds is 6. The number of hydrogen-bond donors (Lipinski definition) is 0. The van der Waals surface area contributed by atoms with Crippen LogP contribution in [0.4, 0.5) is 0 Å². The molecule has 66 valence electrons. The van der Waals surface area contributed by atoms with Crippen LogP contribution in [0, 0.1) is 5.41 Å². The fourth-order valence-corrected chi connectivity index (χ4v) is 1.65. The van der Waals surface area contributed by atoms with Crippen molar-refractivity contribution in [2.75, 3.05) is 0 Å². The van der Waals surface area contributed by atoms with E-state index in [1.165, 1.54) is 19.3 Å². The minimum Gasteiger partial charge on any atom is -0.303 e. The first-order valence-electron chi connectivity index (χ1n) is 4.68. The maximum absolute atomic E-state index is 10.2. The summed E-state index contributed by atoms with van der Waals surface area (Å²) in [5.74, 6) is 0. The molecule has 0 heterocycles. The Morgan fingerprint density at radius 2 is 1.55 bits per heavy atom. The monoisotopic (exact) mass is 156 g/mol. The normalized spacial score (nSPS) is 11.5. The van der Waals surface area contributed by atoms with Crippen molar-refractivity contribution in [2.24, 2.45) is 5.41 Å². The zero-order chi connectivity index (χ0) is 8.74. The molecule has 0 unspecified atom stereocenters. The summed E-state index contributed by atoms with van der Waals surface area (Å²) in [7, 11) is 0. The van der Waals surface area contributed by atoms with Gasteiger partial charge in [-0.15, -0.1) is 0 Å². The smallest absolute Gasteiger partial charge is 0.120 e. The van der Waals surface area contributed by atoms with Crippen LogP contribution < -0.4 is 0 Å². The predicted octanol–water partition coefficient (Wildman–Crippen LogP) is 3.18. The molecule has 1 heteroatoms. The van der Waals surface area contributed by atoms with Gasteiger partial charge < -0.3 is 4.79 Å². The quantitative estimate of drug-likeness (QED) is 0.540. The van der Waals surface area contributed by atoms with Crippen LogP contribution in [0.25, 0.3) is 0 Å². The van der Waals surface area contributed by atoms with Crippen molar-refractivity contribution in [2.45, 2.75) is 52.9 Å². The zero-order valence-electron chi connectivity index (χ0n) is 8.02. The van der Waals surface area contributed by atoms with E-state index >= 15 is 0 Å². The van der Waals surface area contributed by atoms with E-state index in [2.05, 4.69) is 20.8 Å².